The van der Waals surface area contributed by atoms with E-state index in [1.165, 1.54) is 12.1 Å². The van der Waals surface area contributed by atoms with Crippen LogP contribution in [0.25, 0.3) is 16.7 Å². The highest BCUT2D eigenvalue weighted by Crippen LogP contribution is 2.54. The lowest BCUT2D eigenvalue weighted by Crippen LogP contribution is -2.44. The maximum Gasteiger partial charge on any atom is 0.417 e. The number of nitrogens with zero attached hydrogens (tertiary/aromatic N) is 1. The van der Waals surface area contributed by atoms with Gasteiger partial charge in [-0.05, 0) is 96.5 Å². The van der Waals surface area contributed by atoms with Crippen molar-refractivity contribution in [2.24, 2.45) is 5.41 Å². The van der Waals surface area contributed by atoms with Gasteiger partial charge < -0.3 is 9.53 Å². The van der Waals surface area contributed by atoms with Crippen LogP contribution >= 0.6 is 0 Å². The van der Waals surface area contributed by atoms with Gasteiger partial charge in [0.25, 0.3) is 0 Å². The molecule has 0 saturated heterocycles. The zero-order valence-electron chi connectivity index (χ0n) is 25.5. The summed E-state index contributed by atoms with van der Waals surface area (Å²) in [7, 11) is -2.23. The number of aliphatic hydroxyl groups is 1. The van der Waals surface area contributed by atoms with E-state index in [2.05, 4.69) is 54.3 Å². The van der Waals surface area contributed by atoms with Crippen LogP contribution in [0.3, 0.4) is 0 Å². The predicted molar refractivity (Wildman–Crippen MR) is 160 cm³/mol. The number of halogens is 3. The van der Waals surface area contributed by atoms with E-state index in [0.717, 1.165) is 61.4 Å². The van der Waals surface area contributed by atoms with Crippen LogP contribution in [-0.2, 0) is 23.6 Å². The molecule has 3 nitrogen and oxygen atoms in total. The van der Waals surface area contributed by atoms with Gasteiger partial charge in [-0.3, -0.25) is 4.98 Å². The Morgan fingerprint density at radius 2 is 1.75 bits per heavy atom. The van der Waals surface area contributed by atoms with Gasteiger partial charge in [0.1, 0.15) is 0 Å². The number of aliphatic hydroxyl groups excluding tert-OH is 1. The lowest BCUT2D eigenvalue weighted by molar-refractivity contribution is -0.137. The van der Waals surface area contributed by atoms with Crippen molar-refractivity contribution in [1.29, 1.82) is 0 Å². The van der Waals surface area contributed by atoms with Gasteiger partial charge in [-0.15, -0.1) is 0 Å². The van der Waals surface area contributed by atoms with Crippen molar-refractivity contribution in [3.63, 3.8) is 0 Å². The Hall–Kier alpha value is -1.96. The van der Waals surface area contributed by atoms with Gasteiger partial charge in [-0.1, -0.05) is 60.1 Å². The van der Waals surface area contributed by atoms with Crippen LogP contribution in [0.4, 0.5) is 13.2 Å². The number of rotatable bonds is 6. The molecule has 2 aliphatic rings. The normalized spacial score (nSPS) is 20.1. The molecule has 2 aromatic rings. The lowest BCUT2D eigenvalue weighted by Gasteiger charge is -2.45. The molecule has 2 aliphatic carbocycles. The topological polar surface area (TPSA) is 42.4 Å². The Bertz CT molecular complexity index is 1280. The van der Waals surface area contributed by atoms with Gasteiger partial charge >= 0.3 is 6.18 Å². The molecular formula is C33H46F3NO2Si. The second-order valence-corrected chi connectivity index (χ2v) is 19.1. The van der Waals surface area contributed by atoms with E-state index in [9.17, 15) is 18.3 Å². The summed E-state index contributed by atoms with van der Waals surface area (Å²) in [6.07, 6.45) is 0.684. The maximum absolute atomic E-state index is 14.6. The number of benzene rings is 1. The number of pyridine rings is 1. The molecule has 0 aliphatic heterocycles. The number of aromatic nitrogens is 1. The van der Waals surface area contributed by atoms with E-state index < -0.39 is 20.1 Å². The van der Waals surface area contributed by atoms with Crippen LogP contribution in [-0.4, -0.2) is 18.4 Å². The summed E-state index contributed by atoms with van der Waals surface area (Å²) in [5.74, 6) is 0.121. The Labute approximate surface area is 239 Å². The fourth-order valence-corrected chi connectivity index (χ4v) is 7.56. The number of alkyl halides is 3. The number of fused-ring (bicyclic) bond motifs is 1. The van der Waals surface area contributed by atoms with E-state index in [1.54, 1.807) is 0 Å². The molecule has 0 spiro atoms. The van der Waals surface area contributed by atoms with Gasteiger partial charge in [0.15, 0.2) is 8.32 Å². The van der Waals surface area contributed by atoms with E-state index >= 15 is 0 Å². The van der Waals surface area contributed by atoms with E-state index in [4.69, 9.17) is 9.41 Å². The molecule has 4 rings (SSSR count). The molecule has 40 heavy (non-hydrogen) atoms. The summed E-state index contributed by atoms with van der Waals surface area (Å²) in [5, 5.41) is 9.91. The molecule has 1 N–H and O–H groups in total. The summed E-state index contributed by atoms with van der Waals surface area (Å²) in [5.41, 5.74) is 4.40. The highest BCUT2D eigenvalue weighted by atomic mass is 28.4. The maximum atomic E-state index is 14.6. The molecule has 1 aromatic heterocycles. The fraction of sp³-hybridized carbons (Fsp3) is 0.606. The molecule has 220 valence electrons. The second-order valence-electron chi connectivity index (χ2n) is 14.3. The van der Waals surface area contributed by atoms with Crippen LogP contribution in [0, 0.1) is 5.41 Å². The zero-order valence-corrected chi connectivity index (χ0v) is 26.5. The highest BCUT2D eigenvalue weighted by molar-refractivity contribution is 6.74. The van der Waals surface area contributed by atoms with Crippen LogP contribution in [0.5, 0.6) is 0 Å². The Balaban J connectivity index is 2.14. The third-order valence-electron chi connectivity index (χ3n) is 9.31. The SMILES string of the molecule is C=C(C)c1nc2c(c(C3CCCC3)c1-c1cc(CO)ccc1C(F)(F)F)C(O[Si](C)(C)C(C)(C)C)CC(C)(C)C2. The van der Waals surface area contributed by atoms with E-state index in [0.29, 0.717) is 22.4 Å². The van der Waals surface area contributed by atoms with Crippen LogP contribution in [0.2, 0.25) is 18.1 Å². The average molecular weight is 574 g/mol. The zero-order chi connectivity index (χ0) is 29.8. The van der Waals surface area contributed by atoms with Crippen molar-refractivity contribution in [1.82, 2.24) is 4.98 Å². The summed E-state index contributed by atoms with van der Waals surface area (Å²) < 4.78 is 50.8. The van der Waals surface area contributed by atoms with Gasteiger partial charge in [0.05, 0.1) is 24.0 Å². The van der Waals surface area contributed by atoms with Crippen molar-refractivity contribution in [3.05, 3.63) is 58.4 Å². The summed E-state index contributed by atoms with van der Waals surface area (Å²) in [6, 6.07) is 3.97. The van der Waals surface area contributed by atoms with Crippen molar-refractivity contribution < 1.29 is 22.7 Å². The predicted octanol–water partition coefficient (Wildman–Crippen LogP) is 9.99. The molecule has 7 heteroatoms. The molecule has 0 bridgehead atoms. The summed E-state index contributed by atoms with van der Waals surface area (Å²) in [4.78, 5) is 5.14. The Morgan fingerprint density at radius 1 is 1.12 bits per heavy atom. The largest absolute Gasteiger partial charge is 0.417 e. The van der Waals surface area contributed by atoms with Gasteiger partial charge in [0, 0.05) is 16.8 Å². The molecule has 0 amide bonds. The molecule has 0 radical (unpaired) electrons. The third kappa shape index (κ3) is 5.98. The van der Waals surface area contributed by atoms with Crippen molar-refractivity contribution in [2.75, 3.05) is 0 Å². The molecule has 1 atom stereocenters. The van der Waals surface area contributed by atoms with Gasteiger partial charge in [-0.2, -0.15) is 13.2 Å². The first-order valence-corrected chi connectivity index (χ1v) is 17.5. The quantitative estimate of drug-likeness (QED) is 0.350. The van der Waals surface area contributed by atoms with Gasteiger partial charge in [-0.25, -0.2) is 0 Å². The third-order valence-corrected chi connectivity index (χ3v) is 13.8. The Kier molecular flexibility index (Phi) is 8.29. The van der Waals surface area contributed by atoms with E-state index in [1.807, 2.05) is 6.92 Å². The molecule has 1 saturated carbocycles. The number of allylic oxidation sites excluding steroid dienone is 1. The van der Waals surface area contributed by atoms with Crippen LogP contribution in [0.1, 0.15) is 119 Å². The first kappa shape index (κ1) is 31.0. The number of hydrogen-bond acceptors (Lipinski definition) is 3. The van der Waals surface area contributed by atoms with Crippen molar-refractivity contribution >= 4 is 13.9 Å². The molecule has 1 aromatic carbocycles. The standard InChI is InChI=1S/C33H46F3NO2Si/c1-20(2)30-28(23-16-21(19-38)14-15-24(23)33(34,35)36)27(22-12-10-11-13-22)29-25(37-30)17-32(6,7)18-26(29)39-40(8,9)31(3,4)5/h14-16,22,26,38H,1,10-13,17-19H2,2-9H3. The average Bonchev–Trinajstić information content (AvgIpc) is 3.34. The minimum atomic E-state index is -4.56. The molecule has 1 fully saturated rings. The minimum absolute atomic E-state index is 0.0188. The van der Waals surface area contributed by atoms with E-state index in [-0.39, 0.29) is 34.6 Å². The Morgan fingerprint density at radius 3 is 2.27 bits per heavy atom. The van der Waals surface area contributed by atoms with Crippen molar-refractivity contribution in [3.8, 4) is 11.1 Å². The van der Waals surface area contributed by atoms with Crippen LogP contribution < -0.4 is 0 Å². The summed E-state index contributed by atoms with van der Waals surface area (Å²) >= 11 is 0. The summed E-state index contributed by atoms with van der Waals surface area (Å²) in [6.45, 7) is 21.3. The minimum Gasteiger partial charge on any atom is -0.410 e. The van der Waals surface area contributed by atoms with Gasteiger partial charge in [0.2, 0.25) is 0 Å². The van der Waals surface area contributed by atoms with Crippen LogP contribution in [0.15, 0.2) is 24.8 Å². The first-order valence-electron chi connectivity index (χ1n) is 14.6. The molecular weight excluding hydrogens is 527 g/mol. The second kappa shape index (κ2) is 10.7. The first-order chi connectivity index (χ1) is 18.4. The molecule has 1 heterocycles. The smallest absolute Gasteiger partial charge is 0.410 e. The highest BCUT2D eigenvalue weighted by Gasteiger charge is 2.46. The monoisotopic (exact) mass is 573 g/mol. The lowest BCUT2D eigenvalue weighted by atomic mass is 9.70. The van der Waals surface area contributed by atoms with Crippen molar-refractivity contribution in [2.45, 2.75) is 123 Å². The molecule has 1 unspecified atom stereocenters. The fourth-order valence-electron chi connectivity index (χ4n) is 6.29. The number of hydrogen-bond donors (Lipinski definition) is 1.